The van der Waals surface area contributed by atoms with Crippen LogP contribution in [0.2, 0.25) is 0 Å². The molecule has 0 saturated carbocycles. The van der Waals surface area contributed by atoms with E-state index < -0.39 is 4.92 Å². The number of nitro benzene ring substituents is 1. The van der Waals surface area contributed by atoms with Crippen LogP contribution in [0.4, 0.5) is 5.69 Å². The molecular weight excluding hydrogens is 222 g/mol. The fourth-order valence-corrected chi connectivity index (χ4v) is 1.51. The number of rotatable bonds is 5. The van der Waals surface area contributed by atoms with Gasteiger partial charge in [0.1, 0.15) is 11.5 Å². The highest BCUT2D eigenvalue weighted by atomic mass is 16.6. The quantitative estimate of drug-likeness (QED) is 0.582. The number of hydrogen-bond donors (Lipinski definition) is 0. The average molecular weight is 237 g/mol. The van der Waals surface area contributed by atoms with E-state index >= 15 is 0 Å². The van der Waals surface area contributed by atoms with Crippen LogP contribution < -0.4 is 4.74 Å². The Balaban J connectivity index is 3.06. The maximum atomic E-state index is 11.2. The molecule has 0 fully saturated rings. The molecule has 0 N–H and O–H groups in total. The second kappa shape index (κ2) is 5.43. The molecule has 5 nitrogen and oxygen atoms in total. The molecule has 0 aliphatic carbocycles. The van der Waals surface area contributed by atoms with Crippen molar-refractivity contribution >= 4 is 11.5 Å². The van der Waals surface area contributed by atoms with Gasteiger partial charge in [-0.3, -0.25) is 14.9 Å². The highest BCUT2D eigenvalue weighted by Crippen LogP contribution is 2.26. The molecule has 0 bridgehead atoms. The van der Waals surface area contributed by atoms with Gasteiger partial charge in [-0.25, -0.2) is 0 Å². The second-order valence-electron chi connectivity index (χ2n) is 3.97. The molecule has 0 radical (unpaired) electrons. The maximum Gasteiger partial charge on any atom is 0.269 e. The molecule has 0 aliphatic rings. The van der Waals surface area contributed by atoms with Crippen molar-refractivity contribution < 1.29 is 14.5 Å². The zero-order valence-corrected chi connectivity index (χ0v) is 10.1. The van der Waals surface area contributed by atoms with Gasteiger partial charge in [0.25, 0.3) is 5.69 Å². The molecule has 0 saturated heterocycles. The first-order valence-electron chi connectivity index (χ1n) is 5.27. The summed E-state index contributed by atoms with van der Waals surface area (Å²) >= 11 is 0. The Hall–Kier alpha value is -1.91. The van der Waals surface area contributed by atoms with Crippen molar-refractivity contribution in [3.05, 3.63) is 33.9 Å². The third-order valence-corrected chi connectivity index (χ3v) is 2.69. The summed E-state index contributed by atoms with van der Waals surface area (Å²) < 4.78 is 5.13. The van der Waals surface area contributed by atoms with Gasteiger partial charge in [0.15, 0.2) is 0 Å². The van der Waals surface area contributed by atoms with Crippen LogP contribution in [0.1, 0.15) is 19.4 Å². The number of carbonyl (C=O) groups excluding carboxylic acids is 1. The number of non-ortho nitro benzene ring substituents is 1. The summed E-state index contributed by atoms with van der Waals surface area (Å²) in [6.45, 7) is 3.30. The van der Waals surface area contributed by atoms with Gasteiger partial charge in [-0.15, -0.1) is 0 Å². The Morgan fingerprint density at radius 3 is 2.65 bits per heavy atom. The minimum atomic E-state index is -0.457. The Kier molecular flexibility index (Phi) is 4.20. The van der Waals surface area contributed by atoms with Gasteiger partial charge in [-0.1, -0.05) is 6.92 Å². The van der Waals surface area contributed by atoms with E-state index in [9.17, 15) is 14.9 Å². The van der Waals surface area contributed by atoms with E-state index in [0.29, 0.717) is 17.7 Å². The number of hydrogen-bond acceptors (Lipinski definition) is 4. The fourth-order valence-electron chi connectivity index (χ4n) is 1.51. The molecule has 1 rings (SSSR count). The lowest BCUT2D eigenvalue weighted by molar-refractivity contribution is -0.384. The van der Waals surface area contributed by atoms with Crippen molar-refractivity contribution in [2.75, 3.05) is 7.11 Å². The number of ether oxygens (including phenoxy) is 1. The number of nitrogens with zero attached hydrogens (tertiary/aromatic N) is 1. The highest BCUT2D eigenvalue weighted by molar-refractivity contribution is 5.78. The monoisotopic (exact) mass is 237 g/mol. The number of carbonyl (C=O) groups is 1. The topological polar surface area (TPSA) is 69.4 Å². The minimum Gasteiger partial charge on any atom is -0.496 e. The molecule has 1 aromatic rings. The first-order chi connectivity index (χ1) is 7.95. The van der Waals surface area contributed by atoms with Crippen LogP contribution in [0, 0.1) is 16.0 Å². The maximum absolute atomic E-state index is 11.2. The highest BCUT2D eigenvalue weighted by Gasteiger charge is 2.15. The molecule has 1 unspecified atom stereocenters. The summed E-state index contributed by atoms with van der Waals surface area (Å²) in [6.07, 6.45) is 0.445. The van der Waals surface area contributed by atoms with Crippen LogP contribution >= 0.6 is 0 Å². The van der Waals surface area contributed by atoms with Gasteiger partial charge in [0.2, 0.25) is 0 Å². The largest absolute Gasteiger partial charge is 0.496 e. The van der Waals surface area contributed by atoms with Gasteiger partial charge in [0.05, 0.1) is 12.0 Å². The molecule has 1 atom stereocenters. The van der Waals surface area contributed by atoms with Gasteiger partial charge in [0, 0.05) is 23.6 Å². The summed E-state index contributed by atoms with van der Waals surface area (Å²) in [5.74, 6) is 0.452. The smallest absolute Gasteiger partial charge is 0.269 e. The molecule has 0 aliphatic heterocycles. The van der Waals surface area contributed by atoms with Crippen molar-refractivity contribution in [1.29, 1.82) is 0 Å². The SMILES string of the molecule is COc1ccc([N+](=O)[O-])cc1CC(C)C(C)=O. The van der Waals surface area contributed by atoms with Crippen LogP contribution in [-0.4, -0.2) is 17.8 Å². The van der Waals surface area contributed by atoms with Crippen LogP contribution in [-0.2, 0) is 11.2 Å². The normalized spacial score (nSPS) is 11.9. The molecule has 1 aromatic carbocycles. The van der Waals surface area contributed by atoms with E-state index in [1.165, 1.54) is 26.2 Å². The molecule has 0 aromatic heterocycles. The van der Waals surface area contributed by atoms with Gasteiger partial charge >= 0.3 is 0 Å². The number of Topliss-reactive ketones (excluding diaryl/α,β-unsaturated/α-hetero) is 1. The molecule has 92 valence electrons. The molecule has 0 heterocycles. The predicted octanol–water partition coefficient (Wildman–Crippen LogP) is 2.37. The van der Waals surface area contributed by atoms with E-state index in [1.54, 1.807) is 13.0 Å². The third kappa shape index (κ3) is 3.27. The van der Waals surface area contributed by atoms with Crippen molar-refractivity contribution in [2.24, 2.45) is 5.92 Å². The van der Waals surface area contributed by atoms with E-state index in [1.807, 2.05) is 0 Å². The summed E-state index contributed by atoms with van der Waals surface area (Å²) in [6, 6.07) is 4.40. The zero-order valence-electron chi connectivity index (χ0n) is 10.1. The Labute approximate surface area is 99.5 Å². The molecule has 5 heteroatoms. The fraction of sp³-hybridized carbons (Fsp3) is 0.417. The lowest BCUT2D eigenvalue weighted by Gasteiger charge is -2.11. The molecule has 0 amide bonds. The van der Waals surface area contributed by atoms with E-state index in [-0.39, 0.29) is 17.4 Å². The lowest BCUT2D eigenvalue weighted by Crippen LogP contribution is -2.10. The first kappa shape index (κ1) is 13.2. The Bertz CT molecular complexity index is 442. The zero-order chi connectivity index (χ0) is 13.0. The summed E-state index contributed by atoms with van der Waals surface area (Å²) in [4.78, 5) is 21.4. The summed E-state index contributed by atoms with van der Waals surface area (Å²) in [7, 11) is 1.50. The summed E-state index contributed by atoms with van der Waals surface area (Å²) in [5.41, 5.74) is 0.695. The van der Waals surface area contributed by atoms with E-state index in [2.05, 4.69) is 0 Å². The Morgan fingerprint density at radius 1 is 1.53 bits per heavy atom. The van der Waals surface area contributed by atoms with E-state index in [0.717, 1.165) is 0 Å². The van der Waals surface area contributed by atoms with Crippen molar-refractivity contribution in [3.63, 3.8) is 0 Å². The van der Waals surface area contributed by atoms with Gasteiger partial charge in [-0.05, 0) is 19.4 Å². The van der Waals surface area contributed by atoms with Gasteiger partial charge in [-0.2, -0.15) is 0 Å². The lowest BCUT2D eigenvalue weighted by atomic mass is 9.97. The number of ketones is 1. The predicted molar refractivity (Wildman–Crippen MR) is 63.2 cm³/mol. The molecular formula is C12H15NO4. The second-order valence-corrected chi connectivity index (χ2v) is 3.97. The summed E-state index contributed by atoms with van der Waals surface area (Å²) in [5, 5.41) is 10.7. The first-order valence-corrected chi connectivity index (χ1v) is 5.27. The Morgan fingerprint density at radius 2 is 2.18 bits per heavy atom. The van der Waals surface area contributed by atoms with Crippen LogP contribution in [0.25, 0.3) is 0 Å². The van der Waals surface area contributed by atoms with Crippen LogP contribution in [0.15, 0.2) is 18.2 Å². The van der Waals surface area contributed by atoms with Crippen molar-refractivity contribution in [3.8, 4) is 5.75 Å². The van der Waals surface area contributed by atoms with Crippen molar-refractivity contribution in [1.82, 2.24) is 0 Å². The number of nitro groups is 1. The third-order valence-electron chi connectivity index (χ3n) is 2.69. The van der Waals surface area contributed by atoms with Crippen LogP contribution in [0.3, 0.4) is 0 Å². The van der Waals surface area contributed by atoms with Gasteiger partial charge < -0.3 is 4.74 Å². The van der Waals surface area contributed by atoms with Crippen LogP contribution in [0.5, 0.6) is 5.75 Å². The molecule has 0 spiro atoms. The van der Waals surface area contributed by atoms with Crippen molar-refractivity contribution in [2.45, 2.75) is 20.3 Å². The standard InChI is InChI=1S/C12H15NO4/c1-8(9(2)14)6-10-7-11(13(15)16)4-5-12(10)17-3/h4-5,7-8H,6H2,1-3H3. The average Bonchev–Trinajstić information content (AvgIpc) is 2.28. The number of methoxy groups -OCH3 is 1. The number of benzene rings is 1. The minimum absolute atomic E-state index is 0.0107. The molecule has 17 heavy (non-hydrogen) atoms. The van der Waals surface area contributed by atoms with E-state index in [4.69, 9.17) is 4.74 Å².